The van der Waals surface area contributed by atoms with Crippen LogP contribution in [-0.4, -0.2) is 13.1 Å². The van der Waals surface area contributed by atoms with Gasteiger partial charge in [0.05, 0.1) is 5.69 Å². The minimum absolute atomic E-state index is 0.877. The number of para-hydroxylation sites is 3. The highest BCUT2D eigenvalue weighted by Crippen LogP contribution is 2.32. The summed E-state index contributed by atoms with van der Waals surface area (Å²) in [7, 11) is 0. The van der Waals surface area contributed by atoms with E-state index in [0.717, 1.165) is 36.7 Å². The predicted octanol–water partition coefficient (Wildman–Crippen LogP) is 4.72. The van der Waals surface area contributed by atoms with E-state index in [-0.39, 0.29) is 0 Å². The van der Waals surface area contributed by atoms with E-state index in [4.69, 9.17) is 4.74 Å². The lowest BCUT2D eigenvalue weighted by atomic mass is 10.2. The van der Waals surface area contributed by atoms with Crippen LogP contribution >= 0.6 is 0 Å². The summed E-state index contributed by atoms with van der Waals surface area (Å²) in [6.45, 7) is 6.41. The minimum atomic E-state index is 0.877. The molecule has 0 radical (unpaired) electrons. The third kappa shape index (κ3) is 3.50. The predicted molar refractivity (Wildman–Crippen MR) is 81.1 cm³/mol. The van der Waals surface area contributed by atoms with Crippen LogP contribution in [0.15, 0.2) is 54.6 Å². The Morgan fingerprint density at radius 3 is 2.26 bits per heavy atom. The van der Waals surface area contributed by atoms with Crippen LogP contribution in [0.2, 0.25) is 0 Å². The molecule has 0 aliphatic carbocycles. The SMILES string of the molecule is CCCN(CC)c1ccccc1Oc1ccccc1. The smallest absolute Gasteiger partial charge is 0.150 e. The third-order valence-corrected chi connectivity index (χ3v) is 3.05. The fourth-order valence-corrected chi connectivity index (χ4v) is 2.14. The van der Waals surface area contributed by atoms with Crippen molar-refractivity contribution in [1.82, 2.24) is 0 Å². The second kappa shape index (κ2) is 6.83. The second-order valence-corrected chi connectivity index (χ2v) is 4.46. The molecule has 2 aromatic rings. The van der Waals surface area contributed by atoms with Crippen molar-refractivity contribution >= 4 is 5.69 Å². The van der Waals surface area contributed by atoms with Gasteiger partial charge in [-0.3, -0.25) is 0 Å². The summed E-state index contributed by atoms with van der Waals surface area (Å²) in [5.41, 5.74) is 1.16. The lowest BCUT2D eigenvalue weighted by Gasteiger charge is -2.24. The summed E-state index contributed by atoms with van der Waals surface area (Å²) in [6, 6.07) is 18.2. The highest BCUT2D eigenvalue weighted by molar-refractivity contribution is 5.59. The summed E-state index contributed by atoms with van der Waals surface area (Å²) in [5, 5.41) is 0. The molecule has 0 atom stereocenters. The molecule has 0 aliphatic heterocycles. The summed E-state index contributed by atoms with van der Waals surface area (Å²) in [6.07, 6.45) is 1.13. The van der Waals surface area contributed by atoms with E-state index in [1.165, 1.54) is 0 Å². The lowest BCUT2D eigenvalue weighted by molar-refractivity contribution is 0.481. The molecule has 2 nitrogen and oxygen atoms in total. The maximum Gasteiger partial charge on any atom is 0.150 e. The number of ether oxygens (including phenoxy) is 1. The molecule has 0 heterocycles. The standard InChI is InChI=1S/C17H21NO/c1-3-14-18(4-2)16-12-8-9-13-17(16)19-15-10-6-5-7-11-15/h5-13H,3-4,14H2,1-2H3. The first kappa shape index (κ1) is 13.5. The second-order valence-electron chi connectivity index (χ2n) is 4.46. The molecule has 0 aromatic heterocycles. The fourth-order valence-electron chi connectivity index (χ4n) is 2.14. The molecule has 19 heavy (non-hydrogen) atoms. The number of hydrogen-bond donors (Lipinski definition) is 0. The maximum absolute atomic E-state index is 6.00. The number of benzene rings is 2. The molecule has 0 unspecified atom stereocenters. The molecule has 0 saturated carbocycles. The molecular formula is C17H21NO. The van der Waals surface area contributed by atoms with Crippen LogP contribution in [0, 0.1) is 0 Å². The van der Waals surface area contributed by atoms with Gasteiger partial charge in [0.15, 0.2) is 5.75 Å². The fraction of sp³-hybridized carbons (Fsp3) is 0.294. The van der Waals surface area contributed by atoms with Crippen LogP contribution in [0.5, 0.6) is 11.5 Å². The van der Waals surface area contributed by atoms with Crippen LogP contribution < -0.4 is 9.64 Å². The summed E-state index contributed by atoms with van der Waals surface area (Å²) < 4.78 is 6.00. The van der Waals surface area contributed by atoms with Crippen LogP contribution in [0.3, 0.4) is 0 Å². The molecular weight excluding hydrogens is 234 g/mol. The number of nitrogens with zero attached hydrogens (tertiary/aromatic N) is 1. The van der Waals surface area contributed by atoms with E-state index in [2.05, 4.69) is 30.9 Å². The van der Waals surface area contributed by atoms with Gasteiger partial charge in [0, 0.05) is 13.1 Å². The Kier molecular flexibility index (Phi) is 4.85. The van der Waals surface area contributed by atoms with Crippen molar-refractivity contribution in [1.29, 1.82) is 0 Å². The van der Waals surface area contributed by atoms with Crippen LogP contribution in [0.25, 0.3) is 0 Å². The highest BCUT2D eigenvalue weighted by atomic mass is 16.5. The Labute approximate surface area is 115 Å². The topological polar surface area (TPSA) is 12.5 Å². The zero-order valence-corrected chi connectivity index (χ0v) is 11.7. The van der Waals surface area contributed by atoms with Crippen molar-refractivity contribution in [3.05, 3.63) is 54.6 Å². The summed E-state index contributed by atoms with van der Waals surface area (Å²) >= 11 is 0. The third-order valence-electron chi connectivity index (χ3n) is 3.05. The molecule has 0 saturated heterocycles. The zero-order valence-electron chi connectivity index (χ0n) is 11.7. The molecule has 0 N–H and O–H groups in total. The summed E-state index contributed by atoms with van der Waals surface area (Å²) in [4.78, 5) is 2.35. The Morgan fingerprint density at radius 2 is 1.58 bits per heavy atom. The van der Waals surface area contributed by atoms with Gasteiger partial charge in [-0.25, -0.2) is 0 Å². The van der Waals surface area contributed by atoms with Gasteiger partial charge >= 0.3 is 0 Å². The number of hydrogen-bond acceptors (Lipinski definition) is 2. The van der Waals surface area contributed by atoms with Crippen molar-refractivity contribution in [3.8, 4) is 11.5 Å². The molecule has 0 bridgehead atoms. The largest absolute Gasteiger partial charge is 0.455 e. The van der Waals surface area contributed by atoms with Gasteiger partial charge in [0.2, 0.25) is 0 Å². The average molecular weight is 255 g/mol. The van der Waals surface area contributed by atoms with E-state index >= 15 is 0 Å². The van der Waals surface area contributed by atoms with E-state index in [1.807, 2.05) is 42.5 Å². The Balaban J connectivity index is 2.25. The Morgan fingerprint density at radius 1 is 0.895 bits per heavy atom. The minimum Gasteiger partial charge on any atom is -0.455 e. The molecule has 2 rings (SSSR count). The van der Waals surface area contributed by atoms with Gasteiger partial charge in [-0.15, -0.1) is 0 Å². The van der Waals surface area contributed by atoms with E-state index in [1.54, 1.807) is 0 Å². The van der Waals surface area contributed by atoms with Crippen molar-refractivity contribution < 1.29 is 4.74 Å². The van der Waals surface area contributed by atoms with Gasteiger partial charge < -0.3 is 9.64 Å². The van der Waals surface area contributed by atoms with Crippen LogP contribution in [-0.2, 0) is 0 Å². The normalized spacial score (nSPS) is 10.2. The molecule has 0 aliphatic rings. The summed E-state index contributed by atoms with van der Waals surface area (Å²) in [5.74, 6) is 1.80. The molecule has 2 aromatic carbocycles. The average Bonchev–Trinajstić information content (AvgIpc) is 2.47. The van der Waals surface area contributed by atoms with Crippen molar-refractivity contribution in [2.24, 2.45) is 0 Å². The molecule has 0 amide bonds. The van der Waals surface area contributed by atoms with Gasteiger partial charge in [-0.05, 0) is 37.6 Å². The molecule has 2 heteroatoms. The monoisotopic (exact) mass is 255 g/mol. The van der Waals surface area contributed by atoms with Crippen LogP contribution in [0.4, 0.5) is 5.69 Å². The van der Waals surface area contributed by atoms with Crippen molar-refractivity contribution in [3.63, 3.8) is 0 Å². The first-order valence-corrected chi connectivity index (χ1v) is 6.92. The first-order valence-electron chi connectivity index (χ1n) is 6.92. The van der Waals surface area contributed by atoms with Gasteiger partial charge in [-0.2, -0.15) is 0 Å². The maximum atomic E-state index is 6.00. The van der Waals surface area contributed by atoms with Crippen LogP contribution in [0.1, 0.15) is 20.3 Å². The molecule has 100 valence electrons. The highest BCUT2D eigenvalue weighted by Gasteiger charge is 2.10. The number of anilines is 1. The van der Waals surface area contributed by atoms with E-state index < -0.39 is 0 Å². The Hall–Kier alpha value is -1.96. The first-order chi connectivity index (χ1) is 9.35. The Bertz CT molecular complexity index is 496. The van der Waals surface area contributed by atoms with E-state index in [9.17, 15) is 0 Å². The lowest BCUT2D eigenvalue weighted by Crippen LogP contribution is -2.23. The zero-order chi connectivity index (χ0) is 13.5. The molecule has 0 spiro atoms. The quantitative estimate of drug-likeness (QED) is 0.740. The van der Waals surface area contributed by atoms with Gasteiger partial charge in [0.25, 0.3) is 0 Å². The number of rotatable bonds is 6. The van der Waals surface area contributed by atoms with E-state index in [0.29, 0.717) is 0 Å². The van der Waals surface area contributed by atoms with Gasteiger partial charge in [0.1, 0.15) is 5.75 Å². The van der Waals surface area contributed by atoms with Crippen molar-refractivity contribution in [2.75, 3.05) is 18.0 Å². The van der Waals surface area contributed by atoms with Crippen molar-refractivity contribution in [2.45, 2.75) is 20.3 Å². The molecule has 0 fully saturated rings. The van der Waals surface area contributed by atoms with Gasteiger partial charge in [-0.1, -0.05) is 37.3 Å².